The van der Waals surface area contributed by atoms with E-state index in [1.807, 2.05) is 19.1 Å². The lowest BCUT2D eigenvalue weighted by Gasteiger charge is -2.31. The quantitative estimate of drug-likeness (QED) is 0.413. The van der Waals surface area contributed by atoms with E-state index in [1.165, 1.54) is 4.31 Å². The molecule has 1 aliphatic rings. The van der Waals surface area contributed by atoms with Gasteiger partial charge in [-0.05, 0) is 63.3 Å². The molecule has 0 unspecified atom stereocenters. The zero-order valence-electron chi connectivity index (χ0n) is 19.3. The summed E-state index contributed by atoms with van der Waals surface area (Å²) in [6.07, 6.45) is 0.969. The Morgan fingerprint density at radius 2 is 1.55 bits per heavy atom. The molecule has 7 nitrogen and oxygen atoms in total. The second-order valence-electron chi connectivity index (χ2n) is 8.56. The number of ether oxygens (including phenoxy) is 1. The zero-order chi connectivity index (χ0) is 24.2. The smallest absolute Gasteiger partial charge is 0.309 e. The number of sulfonamides is 1. The van der Waals surface area contributed by atoms with Crippen molar-refractivity contribution in [2.45, 2.75) is 49.8 Å². The van der Waals surface area contributed by atoms with Crippen LogP contribution in [0.4, 0.5) is 0 Å². The van der Waals surface area contributed by atoms with Crippen LogP contribution in [0.1, 0.15) is 36.0 Å². The summed E-state index contributed by atoms with van der Waals surface area (Å²) in [6.45, 7) is 6.05. The molecule has 0 bridgehead atoms. The van der Waals surface area contributed by atoms with Gasteiger partial charge in [0.15, 0.2) is 9.84 Å². The van der Waals surface area contributed by atoms with Crippen molar-refractivity contribution < 1.29 is 26.4 Å². The average Bonchev–Trinajstić information content (AvgIpc) is 2.76. The summed E-state index contributed by atoms with van der Waals surface area (Å²) in [5.41, 5.74) is 2.46. The van der Waals surface area contributed by atoms with Crippen LogP contribution in [-0.2, 0) is 29.4 Å². The molecular formula is C24H31NO6S2. The van der Waals surface area contributed by atoms with E-state index in [2.05, 4.69) is 0 Å². The minimum absolute atomic E-state index is 0.0190. The van der Waals surface area contributed by atoms with Gasteiger partial charge in [-0.25, -0.2) is 16.8 Å². The van der Waals surface area contributed by atoms with E-state index in [1.54, 1.807) is 44.2 Å². The zero-order valence-corrected chi connectivity index (χ0v) is 20.9. The van der Waals surface area contributed by atoms with Gasteiger partial charge in [0.1, 0.15) is 0 Å². The fraction of sp³-hybridized carbons (Fsp3) is 0.458. The molecular weight excluding hydrogens is 462 g/mol. The van der Waals surface area contributed by atoms with Crippen molar-refractivity contribution in [2.24, 2.45) is 5.92 Å². The molecule has 1 aliphatic heterocycles. The van der Waals surface area contributed by atoms with Gasteiger partial charge in [0.2, 0.25) is 10.0 Å². The summed E-state index contributed by atoms with van der Waals surface area (Å²) in [7, 11) is -7.05. The summed E-state index contributed by atoms with van der Waals surface area (Å²) in [4.78, 5) is 13.0. The first-order chi connectivity index (χ1) is 15.5. The number of hydrogen-bond acceptors (Lipinski definition) is 6. The Labute approximate surface area is 196 Å². The number of piperidine rings is 1. The van der Waals surface area contributed by atoms with Crippen LogP contribution in [0, 0.1) is 26.7 Å². The number of hydrogen-bond donors (Lipinski definition) is 0. The van der Waals surface area contributed by atoms with Gasteiger partial charge in [0, 0.05) is 13.1 Å². The molecule has 0 aromatic heterocycles. The van der Waals surface area contributed by atoms with Crippen LogP contribution in [-0.4, -0.2) is 52.6 Å². The standard InChI is InChI=1S/C24H31NO6S2/c1-18-16-19(2)23(20(3)17-18)33(29,30)25-12-10-21(11-13-25)24(26)31-14-7-15-32(27,28)22-8-5-4-6-9-22/h4-6,8-9,16-17,21H,7,10-15H2,1-3H3. The number of aryl methyl sites for hydroxylation is 3. The fourth-order valence-corrected chi connectivity index (χ4v) is 7.51. The fourth-order valence-electron chi connectivity index (χ4n) is 4.32. The van der Waals surface area contributed by atoms with E-state index < -0.39 is 25.8 Å². The van der Waals surface area contributed by atoms with Gasteiger partial charge in [0.05, 0.1) is 28.1 Å². The van der Waals surface area contributed by atoms with Gasteiger partial charge < -0.3 is 4.74 Å². The Balaban J connectivity index is 1.50. The lowest BCUT2D eigenvalue weighted by atomic mass is 9.98. The van der Waals surface area contributed by atoms with Crippen molar-refractivity contribution in [2.75, 3.05) is 25.4 Å². The minimum Gasteiger partial charge on any atom is -0.465 e. The number of rotatable bonds is 8. The number of carbonyl (C=O) groups is 1. The molecule has 2 aromatic carbocycles. The van der Waals surface area contributed by atoms with E-state index in [4.69, 9.17) is 4.74 Å². The maximum atomic E-state index is 13.2. The Morgan fingerprint density at radius 3 is 2.12 bits per heavy atom. The Bertz CT molecular complexity index is 1180. The van der Waals surface area contributed by atoms with Crippen LogP contribution in [0.3, 0.4) is 0 Å². The van der Waals surface area contributed by atoms with Crippen LogP contribution in [0.25, 0.3) is 0 Å². The predicted molar refractivity (Wildman–Crippen MR) is 126 cm³/mol. The Hall–Kier alpha value is -2.23. The van der Waals surface area contributed by atoms with E-state index in [0.717, 1.165) is 16.7 Å². The first kappa shape index (κ1) is 25.4. The normalized spacial score (nSPS) is 16.0. The predicted octanol–water partition coefficient (Wildman–Crippen LogP) is 3.42. The number of sulfone groups is 1. The second kappa shape index (κ2) is 10.4. The molecule has 9 heteroatoms. The van der Waals surface area contributed by atoms with Crippen LogP contribution in [0.15, 0.2) is 52.3 Å². The highest BCUT2D eigenvalue weighted by molar-refractivity contribution is 7.91. The molecule has 180 valence electrons. The van der Waals surface area contributed by atoms with Crippen LogP contribution >= 0.6 is 0 Å². The third-order valence-electron chi connectivity index (χ3n) is 5.89. The molecule has 0 saturated carbocycles. The van der Waals surface area contributed by atoms with E-state index in [9.17, 15) is 21.6 Å². The third-order valence-corrected chi connectivity index (χ3v) is 9.92. The molecule has 0 amide bonds. The first-order valence-electron chi connectivity index (χ1n) is 11.0. The largest absolute Gasteiger partial charge is 0.465 e. The maximum Gasteiger partial charge on any atom is 0.309 e. The molecule has 0 aliphatic carbocycles. The minimum atomic E-state index is -3.64. The number of carbonyl (C=O) groups excluding carboxylic acids is 1. The Morgan fingerprint density at radius 1 is 0.970 bits per heavy atom. The lowest BCUT2D eigenvalue weighted by Crippen LogP contribution is -2.41. The second-order valence-corrected chi connectivity index (χ2v) is 12.5. The highest BCUT2D eigenvalue weighted by Gasteiger charge is 2.34. The first-order valence-corrected chi connectivity index (χ1v) is 14.1. The van der Waals surface area contributed by atoms with E-state index in [-0.39, 0.29) is 42.7 Å². The monoisotopic (exact) mass is 493 g/mol. The highest BCUT2D eigenvalue weighted by atomic mass is 32.2. The molecule has 1 heterocycles. The molecule has 0 N–H and O–H groups in total. The van der Waals surface area contributed by atoms with Crippen molar-refractivity contribution in [1.82, 2.24) is 4.31 Å². The third kappa shape index (κ3) is 6.02. The molecule has 3 rings (SSSR count). The summed E-state index contributed by atoms with van der Waals surface area (Å²) in [5.74, 6) is -0.884. The number of nitrogens with zero attached hydrogens (tertiary/aromatic N) is 1. The highest BCUT2D eigenvalue weighted by Crippen LogP contribution is 2.29. The summed E-state index contributed by atoms with van der Waals surface area (Å²) < 4.78 is 57.7. The lowest BCUT2D eigenvalue weighted by molar-refractivity contribution is -0.149. The van der Waals surface area contributed by atoms with Gasteiger partial charge >= 0.3 is 5.97 Å². The SMILES string of the molecule is Cc1cc(C)c(S(=O)(=O)N2CCC(C(=O)OCCCS(=O)(=O)c3ccccc3)CC2)c(C)c1. The summed E-state index contributed by atoms with van der Waals surface area (Å²) in [6, 6.07) is 11.9. The summed E-state index contributed by atoms with van der Waals surface area (Å²) in [5, 5.41) is 0. The number of esters is 1. The average molecular weight is 494 g/mol. The molecule has 1 saturated heterocycles. The molecule has 0 spiro atoms. The van der Waals surface area contributed by atoms with Crippen molar-refractivity contribution in [1.29, 1.82) is 0 Å². The van der Waals surface area contributed by atoms with Crippen molar-refractivity contribution in [3.05, 3.63) is 59.2 Å². The van der Waals surface area contributed by atoms with E-state index >= 15 is 0 Å². The molecule has 0 radical (unpaired) electrons. The van der Waals surface area contributed by atoms with Gasteiger partial charge in [-0.1, -0.05) is 35.9 Å². The topological polar surface area (TPSA) is 97.8 Å². The van der Waals surface area contributed by atoms with Crippen LogP contribution in [0.2, 0.25) is 0 Å². The molecule has 2 aromatic rings. The molecule has 0 atom stereocenters. The number of benzene rings is 2. The van der Waals surface area contributed by atoms with E-state index in [0.29, 0.717) is 17.7 Å². The summed E-state index contributed by atoms with van der Waals surface area (Å²) >= 11 is 0. The van der Waals surface area contributed by atoms with Crippen LogP contribution < -0.4 is 0 Å². The van der Waals surface area contributed by atoms with Gasteiger partial charge in [-0.15, -0.1) is 0 Å². The Kier molecular flexibility index (Phi) is 7.97. The van der Waals surface area contributed by atoms with Crippen molar-refractivity contribution in [3.63, 3.8) is 0 Å². The molecule has 1 fully saturated rings. The van der Waals surface area contributed by atoms with Gasteiger partial charge in [-0.3, -0.25) is 4.79 Å². The molecule has 33 heavy (non-hydrogen) atoms. The maximum absolute atomic E-state index is 13.2. The van der Waals surface area contributed by atoms with Crippen LogP contribution in [0.5, 0.6) is 0 Å². The van der Waals surface area contributed by atoms with Crippen molar-refractivity contribution >= 4 is 25.8 Å². The van der Waals surface area contributed by atoms with Gasteiger partial charge in [-0.2, -0.15) is 4.31 Å². The van der Waals surface area contributed by atoms with Crippen molar-refractivity contribution in [3.8, 4) is 0 Å². The van der Waals surface area contributed by atoms with Gasteiger partial charge in [0.25, 0.3) is 0 Å².